The summed E-state index contributed by atoms with van der Waals surface area (Å²) in [5, 5.41) is 9.03. The number of carbonyl (C=O) groups is 2. The summed E-state index contributed by atoms with van der Waals surface area (Å²) in [5.41, 5.74) is 6.06. The number of benzene rings is 3. The molecule has 0 unspecified atom stereocenters. The minimum absolute atomic E-state index is 0.0418. The fourth-order valence-electron chi connectivity index (χ4n) is 4.83. The van der Waals surface area contributed by atoms with E-state index >= 15 is 0 Å². The van der Waals surface area contributed by atoms with Gasteiger partial charge in [-0.25, -0.2) is 14.8 Å². The van der Waals surface area contributed by atoms with Gasteiger partial charge in [0.15, 0.2) is 11.6 Å². The number of esters is 1. The Kier molecular flexibility index (Phi) is 12.6. The lowest BCUT2D eigenvalue weighted by Gasteiger charge is -2.31. The van der Waals surface area contributed by atoms with Crippen molar-refractivity contribution in [3.63, 3.8) is 0 Å². The number of nitrogens with zero attached hydrogens (tertiary/aromatic N) is 1. The molecule has 0 saturated heterocycles. The van der Waals surface area contributed by atoms with Crippen LogP contribution < -0.4 is 15.6 Å². The van der Waals surface area contributed by atoms with Crippen LogP contribution in [0.25, 0.3) is 0 Å². The van der Waals surface area contributed by atoms with Crippen LogP contribution in [0.5, 0.6) is 5.75 Å². The third-order valence-electron chi connectivity index (χ3n) is 7.02. The van der Waals surface area contributed by atoms with Gasteiger partial charge in [-0.3, -0.25) is 15.0 Å². The molecule has 0 saturated carbocycles. The Labute approximate surface area is 273 Å². The van der Waals surface area contributed by atoms with Gasteiger partial charge >= 0.3 is 5.97 Å². The largest absolute Gasteiger partial charge is 0.494 e. The first-order valence-corrected chi connectivity index (χ1v) is 16.5. The lowest BCUT2D eigenvalue weighted by molar-refractivity contribution is -0.155. The Balaban J connectivity index is 1.54. The quantitative estimate of drug-likeness (QED) is 0.105. The van der Waals surface area contributed by atoms with Gasteiger partial charge in [-0.2, -0.15) is 11.8 Å². The van der Waals surface area contributed by atoms with Crippen molar-refractivity contribution in [2.24, 2.45) is 4.99 Å². The summed E-state index contributed by atoms with van der Waals surface area (Å²) < 4.78 is 30.9. The van der Waals surface area contributed by atoms with Crippen LogP contribution >= 0.6 is 11.8 Å². The molecule has 3 aromatic rings. The van der Waals surface area contributed by atoms with Crippen molar-refractivity contribution in [1.29, 1.82) is 0 Å². The van der Waals surface area contributed by atoms with Gasteiger partial charge in [-0.1, -0.05) is 42.5 Å². The number of hydrogen-bond acceptors (Lipinski definition) is 9. The Morgan fingerprint density at radius 2 is 1.76 bits per heavy atom. The van der Waals surface area contributed by atoms with Crippen molar-refractivity contribution in [3.8, 4) is 5.75 Å². The second-order valence-electron chi connectivity index (χ2n) is 11.8. The summed E-state index contributed by atoms with van der Waals surface area (Å²) >= 11 is 1.64. The molecule has 46 heavy (non-hydrogen) atoms. The normalized spacial score (nSPS) is 17.6. The number of halogens is 1. The van der Waals surface area contributed by atoms with Gasteiger partial charge in [-0.05, 0) is 74.7 Å². The zero-order valence-electron chi connectivity index (χ0n) is 26.5. The molecule has 1 amide bonds. The molecule has 0 aromatic heterocycles. The van der Waals surface area contributed by atoms with Crippen molar-refractivity contribution in [2.45, 2.75) is 63.0 Å². The minimum Gasteiger partial charge on any atom is -0.494 e. The van der Waals surface area contributed by atoms with Crippen molar-refractivity contribution >= 4 is 29.5 Å². The zero-order valence-corrected chi connectivity index (χ0v) is 27.3. The number of thioether (sulfide) groups is 1. The Bertz CT molecular complexity index is 1450. The van der Waals surface area contributed by atoms with Crippen LogP contribution in [0.15, 0.2) is 83.9 Å². The predicted molar refractivity (Wildman–Crippen MR) is 177 cm³/mol. The average Bonchev–Trinajstić information content (AvgIpc) is 3.43. The number of aliphatic imine (C=N–C) groups is 1. The van der Waals surface area contributed by atoms with Crippen LogP contribution in [-0.4, -0.2) is 59.5 Å². The standard InChI is InChI=1S/C35H42FN3O6S/c1-34(2,3)45-30(41)18-19-35(33(42)39-37-20-23-46-24-25-10-14-28(36)15-11-25)31(26-8-5-4-6-9-26)44-32(38-35)27-12-16-29(17-13-27)43-22-7-21-40/h4-6,8-17,31,37,40H,7,18-24H2,1-3H3,(H,39,42)/t31-,35-/m0/s1. The van der Waals surface area contributed by atoms with Crippen molar-refractivity contribution in [2.75, 3.05) is 25.5 Å². The topological polar surface area (TPSA) is 118 Å². The second kappa shape index (κ2) is 16.6. The molecule has 0 spiro atoms. The van der Waals surface area contributed by atoms with Gasteiger partial charge < -0.3 is 19.3 Å². The SMILES string of the molecule is CC(C)(C)OC(=O)CC[C@]1(C(=O)NNCCSCc2ccc(F)cc2)N=C(c2ccc(OCCCO)cc2)O[C@H]1c1ccccc1. The van der Waals surface area contributed by atoms with Crippen molar-refractivity contribution < 1.29 is 33.3 Å². The highest BCUT2D eigenvalue weighted by atomic mass is 32.2. The van der Waals surface area contributed by atoms with Crippen LogP contribution in [0.2, 0.25) is 0 Å². The maximum atomic E-state index is 14.1. The van der Waals surface area contributed by atoms with Gasteiger partial charge in [-0.15, -0.1) is 0 Å². The van der Waals surface area contributed by atoms with Gasteiger partial charge in [0.05, 0.1) is 6.61 Å². The van der Waals surface area contributed by atoms with E-state index in [0.717, 1.165) is 11.1 Å². The monoisotopic (exact) mass is 651 g/mol. The Morgan fingerprint density at radius 3 is 2.43 bits per heavy atom. The van der Waals surface area contributed by atoms with Gasteiger partial charge in [0.2, 0.25) is 5.90 Å². The molecule has 0 bridgehead atoms. The van der Waals surface area contributed by atoms with Crippen LogP contribution in [0.3, 0.4) is 0 Å². The first-order chi connectivity index (χ1) is 22.1. The summed E-state index contributed by atoms with van der Waals surface area (Å²) in [6, 6.07) is 22.9. The molecule has 9 nitrogen and oxygen atoms in total. The minimum atomic E-state index is -1.49. The average molecular weight is 652 g/mol. The van der Waals surface area contributed by atoms with Crippen LogP contribution in [-0.2, 0) is 24.8 Å². The summed E-state index contributed by atoms with van der Waals surface area (Å²) in [7, 11) is 0. The molecule has 246 valence electrons. The van der Waals surface area contributed by atoms with E-state index in [1.165, 1.54) is 12.1 Å². The van der Waals surface area contributed by atoms with E-state index in [9.17, 15) is 14.0 Å². The number of rotatable bonds is 16. The number of carbonyl (C=O) groups excluding carboxylic acids is 2. The molecule has 1 aliphatic rings. The highest BCUT2D eigenvalue weighted by Crippen LogP contribution is 2.43. The lowest BCUT2D eigenvalue weighted by Crippen LogP contribution is -2.53. The number of aliphatic hydroxyl groups is 1. The molecular weight excluding hydrogens is 609 g/mol. The molecule has 0 fully saturated rings. The molecule has 3 N–H and O–H groups in total. The third kappa shape index (κ3) is 10.0. The van der Waals surface area contributed by atoms with Gasteiger partial charge in [0.1, 0.15) is 17.2 Å². The number of hydrogen-bond donors (Lipinski definition) is 3. The van der Waals surface area contributed by atoms with E-state index in [-0.39, 0.29) is 31.2 Å². The fraction of sp³-hybridized carbons (Fsp3) is 0.400. The van der Waals surface area contributed by atoms with E-state index in [1.54, 1.807) is 68.9 Å². The zero-order chi connectivity index (χ0) is 33.0. The first-order valence-electron chi connectivity index (χ1n) is 15.3. The number of nitrogens with one attached hydrogen (secondary N) is 2. The number of amides is 1. The molecule has 3 aromatic carbocycles. The maximum absolute atomic E-state index is 14.1. The van der Waals surface area contributed by atoms with E-state index in [2.05, 4.69) is 10.9 Å². The van der Waals surface area contributed by atoms with Gasteiger partial charge in [0.25, 0.3) is 5.91 Å². The summed E-state index contributed by atoms with van der Waals surface area (Å²) in [6.07, 6.45) is -0.312. The molecule has 11 heteroatoms. The number of ether oxygens (including phenoxy) is 3. The molecule has 2 atom stereocenters. The van der Waals surface area contributed by atoms with E-state index in [1.807, 2.05) is 30.3 Å². The summed E-state index contributed by atoms with van der Waals surface area (Å²) in [4.78, 5) is 31.9. The lowest BCUT2D eigenvalue weighted by atomic mass is 9.83. The highest BCUT2D eigenvalue weighted by molar-refractivity contribution is 7.98. The number of hydrazine groups is 1. The molecule has 4 rings (SSSR count). The molecule has 1 heterocycles. The fourth-order valence-corrected chi connectivity index (χ4v) is 5.65. The van der Waals surface area contributed by atoms with Crippen LogP contribution in [0.4, 0.5) is 4.39 Å². The highest BCUT2D eigenvalue weighted by Gasteiger charge is 2.53. The summed E-state index contributed by atoms with van der Waals surface area (Å²) in [5.74, 6) is 1.14. The second-order valence-corrected chi connectivity index (χ2v) is 13.0. The third-order valence-corrected chi connectivity index (χ3v) is 8.05. The van der Waals surface area contributed by atoms with E-state index in [4.69, 9.17) is 24.3 Å². The van der Waals surface area contributed by atoms with E-state index in [0.29, 0.717) is 42.4 Å². The maximum Gasteiger partial charge on any atom is 0.306 e. The van der Waals surface area contributed by atoms with Crippen LogP contribution in [0.1, 0.15) is 62.8 Å². The molecular formula is C35H42FN3O6S. The van der Waals surface area contributed by atoms with Crippen molar-refractivity contribution in [3.05, 3.63) is 101 Å². The predicted octanol–water partition coefficient (Wildman–Crippen LogP) is 5.52. The van der Waals surface area contributed by atoms with Gasteiger partial charge in [0, 0.05) is 43.1 Å². The smallest absolute Gasteiger partial charge is 0.306 e. The molecule has 0 aliphatic carbocycles. The Hall–Kier alpha value is -3.93. The Morgan fingerprint density at radius 1 is 1.04 bits per heavy atom. The van der Waals surface area contributed by atoms with Crippen molar-refractivity contribution in [1.82, 2.24) is 10.9 Å². The first kappa shape index (κ1) is 34.9. The molecule has 1 aliphatic heterocycles. The summed E-state index contributed by atoms with van der Waals surface area (Å²) in [6.45, 7) is 6.28. The van der Waals surface area contributed by atoms with E-state index < -0.39 is 29.1 Å². The van der Waals surface area contributed by atoms with Crippen LogP contribution in [0, 0.1) is 5.82 Å². The number of aliphatic hydroxyl groups excluding tert-OH is 1. The molecule has 0 radical (unpaired) electrons.